The number of rotatable bonds is 3. The Morgan fingerprint density at radius 3 is 2.80 bits per heavy atom. The van der Waals surface area contributed by atoms with Crippen LogP contribution in [-0.4, -0.2) is 44.0 Å². The predicted molar refractivity (Wildman–Crippen MR) is 78.5 cm³/mol. The van der Waals surface area contributed by atoms with Crippen LogP contribution in [0.3, 0.4) is 0 Å². The van der Waals surface area contributed by atoms with Gasteiger partial charge in [0, 0.05) is 16.4 Å². The number of carbonyl (C=O) groups is 2. The zero-order chi connectivity index (χ0) is 14.3. The van der Waals surface area contributed by atoms with Crippen LogP contribution in [0, 0.1) is 5.92 Å². The molecule has 2 fully saturated rings. The Balaban J connectivity index is 1.93. The molecule has 2 heterocycles. The molecule has 0 aromatic carbocycles. The van der Waals surface area contributed by atoms with E-state index >= 15 is 0 Å². The van der Waals surface area contributed by atoms with E-state index < -0.39 is 12.0 Å². The summed E-state index contributed by atoms with van der Waals surface area (Å²) in [5, 5.41) is 9.30. The molecule has 2 aliphatic rings. The number of halogens is 1. The van der Waals surface area contributed by atoms with Crippen LogP contribution in [0.5, 0.6) is 0 Å². The van der Waals surface area contributed by atoms with Crippen LogP contribution < -0.4 is 0 Å². The van der Waals surface area contributed by atoms with Crippen molar-refractivity contribution in [3.05, 3.63) is 28.5 Å². The van der Waals surface area contributed by atoms with E-state index in [1.165, 1.54) is 4.90 Å². The average molecular weight is 357 g/mol. The van der Waals surface area contributed by atoms with Gasteiger partial charge in [0.05, 0.1) is 5.37 Å². The largest absolute Gasteiger partial charge is 0.480 e. The number of hydrogen-bond acceptors (Lipinski definition) is 4. The minimum absolute atomic E-state index is 0.0301. The Labute approximate surface area is 128 Å². The number of amides is 1. The number of aromatic nitrogens is 1. The van der Waals surface area contributed by atoms with Crippen molar-refractivity contribution in [3.63, 3.8) is 0 Å². The van der Waals surface area contributed by atoms with Crippen molar-refractivity contribution < 1.29 is 14.7 Å². The summed E-state index contributed by atoms with van der Waals surface area (Å²) in [6.45, 7) is 0. The smallest absolute Gasteiger partial charge is 0.327 e. The standard InChI is InChI=1S/C13H13BrN2O3S/c14-8-2-1-5-15-10(8)11(17)16-9(13(18)19)6-20-12(16)7-3-4-7/h1-2,5,7,9,12H,3-4,6H2,(H,18,19). The molecule has 1 saturated heterocycles. The Kier molecular flexibility index (Phi) is 3.72. The van der Waals surface area contributed by atoms with Crippen LogP contribution in [0.4, 0.5) is 0 Å². The number of hydrogen-bond donors (Lipinski definition) is 1. The molecule has 3 rings (SSSR count). The van der Waals surface area contributed by atoms with E-state index in [2.05, 4.69) is 20.9 Å². The molecule has 1 aliphatic heterocycles. The number of thioether (sulfide) groups is 1. The molecule has 5 nitrogen and oxygen atoms in total. The number of aliphatic carboxylic acids is 1. The Hall–Kier alpha value is -1.08. The Bertz CT molecular complexity index is 564. The zero-order valence-corrected chi connectivity index (χ0v) is 12.9. The molecule has 20 heavy (non-hydrogen) atoms. The van der Waals surface area contributed by atoms with Crippen LogP contribution in [-0.2, 0) is 4.79 Å². The molecule has 0 radical (unpaired) electrons. The van der Waals surface area contributed by atoms with Crippen LogP contribution in [0.1, 0.15) is 23.3 Å². The van der Waals surface area contributed by atoms with Crippen LogP contribution >= 0.6 is 27.7 Å². The molecular weight excluding hydrogens is 344 g/mol. The van der Waals surface area contributed by atoms with Crippen molar-refractivity contribution in [3.8, 4) is 0 Å². The van der Waals surface area contributed by atoms with Crippen molar-refractivity contribution in [2.24, 2.45) is 5.92 Å². The fourth-order valence-corrected chi connectivity index (χ4v) is 4.44. The van der Waals surface area contributed by atoms with Crippen LogP contribution in [0.15, 0.2) is 22.8 Å². The molecule has 0 bridgehead atoms. The maximum Gasteiger partial charge on any atom is 0.327 e. The maximum absolute atomic E-state index is 12.7. The summed E-state index contributed by atoms with van der Waals surface area (Å²) in [6, 6.07) is 2.71. The van der Waals surface area contributed by atoms with E-state index in [9.17, 15) is 14.7 Å². The van der Waals surface area contributed by atoms with Gasteiger partial charge >= 0.3 is 5.97 Å². The first-order valence-corrected chi connectivity index (χ1v) is 8.21. The van der Waals surface area contributed by atoms with Crippen LogP contribution in [0.25, 0.3) is 0 Å². The molecule has 1 aromatic rings. The van der Waals surface area contributed by atoms with E-state index in [1.54, 1.807) is 30.1 Å². The van der Waals surface area contributed by atoms with Gasteiger partial charge in [-0.3, -0.25) is 4.79 Å². The van der Waals surface area contributed by atoms with Crippen LogP contribution in [0.2, 0.25) is 0 Å². The van der Waals surface area contributed by atoms with E-state index in [0.717, 1.165) is 12.8 Å². The van der Waals surface area contributed by atoms with Gasteiger partial charge < -0.3 is 10.0 Å². The topological polar surface area (TPSA) is 70.5 Å². The van der Waals surface area contributed by atoms with E-state index in [0.29, 0.717) is 16.1 Å². The molecule has 1 aromatic heterocycles. The molecular formula is C13H13BrN2O3S. The molecule has 1 aliphatic carbocycles. The monoisotopic (exact) mass is 356 g/mol. The molecule has 7 heteroatoms. The average Bonchev–Trinajstić information content (AvgIpc) is 3.17. The third-order valence-electron chi connectivity index (χ3n) is 3.54. The molecule has 0 spiro atoms. The van der Waals surface area contributed by atoms with Gasteiger partial charge in [0.1, 0.15) is 11.7 Å². The lowest BCUT2D eigenvalue weighted by Gasteiger charge is -2.27. The van der Waals surface area contributed by atoms with Gasteiger partial charge in [0.15, 0.2) is 0 Å². The predicted octanol–water partition coefficient (Wildman–Crippen LogP) is 2.22. The number of pyridine rings is 1. The maximum atomic E-state index is 12.7. The molecule has 1 saturated carbocycles. The highest BCUT2D eigenvalue weighted by molar-refractivity contribution is 9.10. The normalized spacial score (nSPS) is 25.8. The van der Waals surface area contributed by atoms with Gasteiger partial charge in [-0.15, -0.1) is 11.8 Å². The first-order chi connectivity index (χ1) is 9.59. The van der Waals surface area contributed by atoms with Crippen molar-refractivity contribution in [2.45, 2.75) is 24.3 Å². The highest BCUT2D eigenvalue weighted by Crippen LogP contribution is 2.46. The summed E-state index contributed by atoms with van der Waals surface area (Å²) in [4.78, 5) is 29.7. The summed E-state index contributed by atoms with van der Waals surface area (Å²) in [5.74, 6) is -0.365. The number of carboxylic acid groups (broad SMARTS) is 1. The highest BCUT2D eigenvalue weighted by atomic mass is 79.9. The van der Waals surface area contributed by atoms with Crippen molar-refractivity contribution in [1.82, 2.24) is 9.88 Å². The molecule has 2 unspecified atom stereocenters. The number of carboxylic acids is 1. The minimum atomic E-state index is -0.943. The SMILES string of the molecule is O=C(O)C1CSC(C2CC2)N1C(=O)c1ncccc1Br. The summed E-state index contributed by atoms with van der Waals surface area (Å²) < 4.78 is 0.598. The molecule has 2 atom stereocenters. The lowest BCUT2D eigenvalue weighted by atomic mass is 10.2. The third kappa shape index (κ3) is 2.44. The van der Waals surface area contributed by atoms with Crippen molar-refractivity contribution in [2.75, 3.05) is 5.75 Å². The van der Waals surface area contributed by atoms with E-state index in [-0.39, 0.29) is 17.0 Å². The summed E-state index contributed by atoms with van der Waals surface area (Å²) in [5.41, 5.74) is 0.284. The van der Waals surface area contributed by atoms with Crippen molar-refractivity contribution in [1.29, 1.82) is 0 Å². The first-order valence-electron chi connectivity index (χ1n) is 6.37. The molecule has 106 valence electrons. The molecule has 1 N–H and O–H groups in total. The lowest BCUT2D eigenvalue weighted by molar-refractivity contribution is -0.141. The third-order valence-corrected chi connectivity index (χ3v) is 5.64. The second kappa shape index (κ2) is 5.37. The fraction of sp³-hybridized carbons (Fsp3) is 0.462. The van der Waals surface area contributed by atoms with Gasteiger partial charge in [0.2, 0.25) is 0 Å². The van der Waals surface area contributed by atoms with Gasteiger partial charge in [-0.05, 0) is 46.8 Å². The summed E-state index contributed by atoms with van der Waals surface area (Å²) >= 11 is 4.88. The number of carbonyl (C=O) groups excluding carboxylic acids is 1. The number of nitrogens with zero attached hydrogens (tertiary/aromatic N) is 2. The Morgan fingerprint density at radius 1 is 1.45 bits per heavy atom. The van der Waals surface area contributed by atoms with Gasteiger partial charge in [-0.2, -0.15) is 0 Å². The van der Waals surface area contributed by atoms with Gasteiger partial charge in [0.25, 0.3) is 5.91 Å². The Morgan fingerprint density at radius 2 is 2.20 bits per heavy atom. The van der Waals surface area contributed by atoms with Gasteiger partial charge in [-0.1, -0.05) is 0 Å². The lowest BCUT2D eigenvalue weighted by Crippen LogP contribution is -2.46. The summed E-state index contributed by atoms with van der Waals surface area (Å²) in [7, 11) is 0. The second-order valence-electron chi connectivity index (χ2n) is 4.96. The first kappa shape index (κ1) is 13.9. The van der Waals surface area contributed by atoms with E-state index in [4.69, 9.17) is 0 Å². The zero-order valence-electron chi connectivity index (χ0n) is 10.5. The minimum Gasteiger partial charge on any atom is -0.480 e. The molecule has 1 amide bonds. The quantitative estimate of drug-likeness (QED) is 0.898. The van der Waals surface area contributed by atoms with Gasteiger partial charge in [-0.25, -0.2) is 9.78 Å². The highest BCUT2D eigenvalue weighted by Gasteiger charge is 2.48. The second-order valence-corrected chi connectivity index (χ2v) is 6.97. The van der Waals surface area contributed by atoms with E-state index in [1.807, 2.05) is 0 Å². The summed E-state index contributed by atoms with van der Waals surface area (Å²) in [6.07, 6.45) is 3.68. The fourth-order valence-electron chi connectivity index (χ4n) is 2.38. The van der Waals surface area contributed by atoms with Crippen molar-refractivity contribution >= 4 is 39.6 Å².